The van der Waals surface area contributed by atoms with Crippen LogP contribution < -0.4 is 14.8 Å². The van der Waals surface area contributed by atoms with Crippen molar-refractivity contribution in [3.63, 3.8) is 0 Å². The number of ether oxygens (including phenoxy) is 3. The van der Waals surface area contributed by atoms with Gasteiger partial charge in [-0.3, -0.25) is 4.79 Å². The first-order valence-electron chi connectivity index (χ1n) is 9.85. The van der Waals surface area contributed by atoms with Crippen molar-refractivity contribution in [2.75, 3.05) is 34.0 Å². The van der Waals surface area contributed by atoms with Crippen LogP contribution >= 0.6 is 0 Å². The lowest BCUT2D eigenvalue weighted by molar-refractivity contribution is -0.116. The molecule has 0 saturated carbocycles. The predicted octanol–water partition coefficient (Wildman–Crippen LogP) is 4.67. The molecule has 3 aromatic rings. The second kappa shape index (κ2) is 9.98. The number of rotatable bonds is 9. The lowest BCUT2D eigenvalue weighted by atomic mass is 9.99. The van der Waals surface area contributed by atoms with Gasteiger partial charge < -0.3 is 23.9 Å². The van der Waals surface area contributed by atoms with Crippen molar-refractivity contribution in [3.8, 4) is 22.6 Å². The highest BCUT2D eigenvalue weighted by Gasteiger charge is 2.15. The molecule has 0 fully saturated rings. The van der Waals surface area contributed by atoms with Crippen molar-refractivity contribution in [1.82, 2.24) is 5.32 Å². The Bertz CT molecular complexity index is 1030. The number of benzene rings is 2. The largest absolute Gasteiger partial charge is 0.496 e. The topological polar surface area (TPSA) is 69.9 Å². The van der Waals surface area contributed by atoms with Gasteiger partial charge in [-0.15, -0.1) is 0 Å². The zero-order valence-corrected chi connectivity index (χ0v) is 17.8. The number of methoxy groups -OCH3 is 2. The van der Waals surface area contributed by atoms with E-state index in [0.717, 1.165) is 39.0 Å². The summed E-state index contributed by atoms with van der Waals surface area (Å²) < 4.78 is 21.8. The zero-order valence-electron chi connectivity index (χ0n) is 17.8. The Balaban J connectivity index is 1.97. The second-order valence-electron chi connectivity index (χ2n) is 6.77. The van der Waals surface area contributed by atoms with E-state index in [1.807, 2.05) is 50.2 Å². The van der Waals surface area contributed by atoms with E-state index in [1.54, 1.807) is 26.6 Å². The molecule has 0 aliphatic carbocycles. The number of furan rings is 1. The van der Waals surface area contributed by atoms with E-state index in [2.05, 4.69) is 5.32 Å². The van der Waals surface area contributed by atoms with E-state index in [0.29, 0.717) is 25.5 Å². The van der Waals surface area contributed by atoms with Crippen LogP contribution in [-0.2, 0) is 9.53 Å². The second-order valence-corrected chi connectivity index (χ2v) is 6.77. The molecule has 1 amide bonds. The summed E-state index contributed by atoms with van der Waals surface area (Å²) in [6.07, 6.45) is 3.30. The van der Waals surface area contributed by atoms with Crippen LogP contribution in [0.4, 0.5) is 0 Å². The average molecular weight is 409 g/mol. The summed E-state index contributed by atoms with van der Waals surface area (Å²) in [5.41, 5.74) is 4.33. The smallest absolute Gasteiger partial charge is 0.244 e. The minimum absolute atomic E-state index is 0.175. The Morgan fingerprint density at radius 3 is 2.60 bits per heavy atom. The molecule has 1 heterocycles. The van der Waals surface area contributed by atoms with E-state index in [9.17, 15) is 4.79 Å². The summed E-state index contributed by atoms with van der Waals surface area (Å²) in [5.74, 6) is 1.30. The summed E-state index contributed by atoms with van der Waals surface area (Å²) in [4.78, 5) is 12.2. The Morgan fingerprint density at radius 2 is 1.93 bits per heavy atom. The van der Waals surface area contributed by atoms with Gasteiger partial charge in [0.05, 0.1) is 26.6 Å². The Morgan fingerprint density at radius 1 is 1.17 bits per heavy atom. The van der Waals surface area contributed by atoms with Gasteiger partial charge in [0.25, 0.3) is 0 Å². The van der Waals surface area contributed by atoms with Gasteiger partial charge in [-0.2, -0.15) is 0 Å². The molecule has 0 bridgehead atoms. The molecule has 158 valence electrons. The highest BCUT2D eigenvalue weighted by atomic mass is 16.5. The molecule has 0 aliphatic rings. The fraction of sp³-hybridized carbons (Fsp3) is 0.292. The van der Waals surface area contributed by atoms with Crippen LogP contribution in [0.25, 0.3) is 27.7 Å². The molecule has 1 aromatic heterocycles. The van der Waals surface area contributed by atoms with Crippen LogP contribution in [0.3, 0.4) is 0 Å². The number of fused-ring (bicyclic) bond motifs is 1. The highest BCUT2D eigenvalue weighted by Crippen LogP contribution is 2.37. The molecule has 0 aliphatic heterocycles. The van der Waals surface area contributed by atoms with Gasteiger partial charge in [0.1, 0.15) is 17.1 Å². The first kappa shape index (κ1) is 21.5. The van der Waals surface area contributed by atoms with Crippen LogP contribution in [0.5, 0.6) is 11.5 Å². The van der Waals surface area contributed by atoms with Gasteiger partial charge in [0.2, 0.25) is 5.91 Å². The monoisotopic (exact) mass is 409 g/mol. The van der Waals surface area contributed by atoms with Gasteiger partial charge in [0.15, 0.2) is 0 Å². The van der Waals surface area contributed by atoms with Gasteiger partial charge in [0, 0.05) is 42.3 Å². The molecule has 0 atom stereocenters. The predicted molar refractivity (Wildman–Crippen MR) is 118 cm³/mol. The van der Waals surface area contributed by atoms with Crippen LogP contribution in [0.1, 0.15) is 19.4 Å². The summed E-state index contributed by atoms with van der Waals surface area (Å²) in [6, 6.07) is 11.7. The maximum atomic E-state index is 12.2. The lowest BCUT2D eigenvalue weighted by Gasteiger charge is -2.10. The number of carbonyl (C=O) groups is 1. The number of hydrogen-bond acceptors (Lipinski definition) is 5. The molecule has 6 heteroatoms. The molecular weight excluding hydrogens is 382 g/mol. The number of carbonyl (C=O) groups excluding carboxylic acids is 1. The van der Waals surface area contributed by atoms with Crippen molar-refractivity contribution in [1.29, 1.82) is 0 Å². The minimum Gasteiger partial charge on any atom is -0.496 e. The van der Waals surface area contributed by atoms with E-state index >= 15 is 0 Å². The van der Waals surface area contributed by atoms with E-state index in [-0.39, 0.29) is 5.91 Å². The number of allylic oxidation sites excluding steroid dienone is 1. The maximum Gasteiger partial charge on any atom is 0.244 e. The fourth-order valence-corrected chi connectivity index (χ4v) is 3.25. The molecule has 0 unspecified atom stereocenters. The molecule has 3 rings (SSSR count). The van der Waals surface area contributed by atoms with Crippen LogP contribution in [0.2, 0.25) is 0 Å². The number of nitrogens with one attached hydrogen (secondary N) is 1. The summed E-state index contributed by atoms with van der Waals surface area (Å²) in [7, 11) is 3.20. The highest BCUT2D eigenvalue weighted by molar-refractivity contribution is 6.00. The first-order chi connectivity index (χ1) is 14.6. The molecule has 30 heavy (non-hydrogen) atoms. The fourth-order valence-electron chi connectivity index (χ4n) is 3.25. The van der Waals surface area contributed by atoms with Gasteiger partial charge >= 0.3 is 0 Å². The van der Waals surface area contributed by atoms with Gasteiger partial charge in [-0.25, -0.2) is 0 Å². The number of amides is 1. The standard InChI is InChI=1S/C24H27NO5/c1-5-29-18-8-6-17(7-9-18)21-15-30-23-14-22(28-4)19(13-20(21)23)16(2)12-24(26)25-10-11-27-3/h6-9,12-15H,5,10-11H2,1-4H3,(H,25,26)/b16-12+. The third-order valence-corrected chi connectivity index (χ3v) is 4.75. The lowest BCUT2D eigenvalue weighted by Crippen LogP contribution is -2.25. The van der Waals surface area contributed by atoms with Crippen molar-refractivity contribution in [3.05, 3.63) is 54.3 Å². The molecule has 1 N–H and O–H groups in total. The normalized spacial score (nSPS) is 11.5. The van der Waals surface area contributed by atoms with E-state index in [1.165, 1.54) is 0 Å². The van der Waals surface area contributed by atoms with Crippen LogP contribution in [0.15, 0.2) is 53.2 Å². The molecular formula is C24H27NO5. The summed E-state index contributed by atoms with van der Waals surface area (Å²) in [6.45, 7) is 5.39. The maximum absolute atomic E-state index is 12.2. The van der Waals surface area contributed by atoms with Crippen molar-refractivity contribution in [2.24, 2.45) is 0 Å². The number of hydrogen-bond donors (Lipinski definition) is 1. The Kier molecular flexibility index (Phi) is 7.14. The molecule has 0 spiro atoms. The Hall–Kier alpha value is -3.25. The van der Waals surface area contributed by atoms with Crippen molar-refractivity contribution < 1.29 is 23.4 Å². The summed E-state index contributed by atoms with van der Waals surface area (Å²) in [5, 5.41) is 3.74. The molecule has 6 nitrogen and oxygen atoms in total. The molecule has 0 radical (unpaired) electrons. The van der Waals surface area contributed by atoms with Crippen LogP contribution in [0, 0.1) is 0 Å². The van der Waals surface area contributed by atoms with Crippen molar-refractivity contribution in [2.45, 2.75) is 13.8 Å². The third kappa shape index (κ3) is 4.83. The average Bonchev–Trinajstić information content (AvgIpc) is 3.16. The molecule has 2 aromatic carbocycles. The van der Waals surface area contributed by atoms with Gasteiger partial charge in [-0.1, -0.05) is 12.1 Å². The SMILES string of the molecule is CCOc1ccc(-c2coc3cc(OC)c(/C(C)=C/C(=O)NCCOC)cc23)cc1. The third-order valence-electron chi connectivity index (χ3n) is 4.75. The van der Waals surface area contributed by atoms with Crippen molar-refractivity contribution >= 4 is 22.4 Å². The summed E-state index contributed by atoms with van der Waals surface area (Å²) >= 11 is 0. The van der Waals surface area contributed by atoms with E-state index in [4.69, 9.17) is 18.6 Å². The van der Waals surface area contributed by atoms with Crippen LogP contribution in [-0.4, -0.2) is 39.9 Å². The molecule has 0 saturated heterocycles. The van der Waals surface area contributed by atoms with E-state index < -0.39 is 0 Å². The quantitative estimate of drug-likeness (QED) is 0.411. The zero-order chi connectivity index (χ0) is 21.5. The van der Waals surface area contributed by atoms with Gasteiger partial charge in [-0.05, 0) is 43.2 Å². The first-order valence-corrected chi connectivity index (χ1v) is 9.85. The minimum atomic E-state index is -0.175. The Labute approximate surface area is 176 Å².